The summed E-state index contributed by atoms with van der Waals surface area (Å²) in [6.45, 7) is 0. The lowest BCUT2D eigenvalue weighted by Gasteiger charge is -1.95. The highest BCUT2D eigenvalue weighted by atomic mass is 35.5. The maximum Gasteiger partial charge on any atom is 0.303 e. The molecule has 4 heteroatoms. The highest BCUT2D eigenvalue weighted by Crippen LogP contribution is 2.25. The molecule has 0 spiro atoms. The van der Waals surface area contributed by atoms with Crippen LogP contribution in [-0.2, 0) is 11.2 Å². The molecule has 1 heterocycles. The number of hydrogen-bond acceptors (Lipinski definition) is 2. The molecular weight excluding hydrogens is 216 g/mol. The van der Waals surface area contributed by atoms with Gasteiger partial charge in [-0.3, -0.25) is 4.79 Å². The fourth-order valence-electron chi connectivity index (χ4n) is 1.49. The van der Waals surface area contributed by atoms with Gasteiger partial charge in [-0.05, 0) is 30.2 Å². The molecule has 0 saturated carbocycles. The van der Waals surface area contributed by atoms with Gasteiger partial charge in [0.25, 0.3) is 0 Å². The lowest BCUT2D eigenvalue weighted by molar-refractivity contribution is -0.136. The van der Waals surface area contributed by atoms with E-state index in [2.05, 4.69) is 0 Å². The topological polar surface area (TPSA) is 50.4 Å². The molecule has 2 rings (SSSR count). The maximum atomic E-state index is 10.4. The Morgan fingerprint density at radius 3 is 3.00 bits per heavy atom. The number of aliphatic carboxylic acids is 1. The van der Waals surface area contributed by atoms with Crippen LogP contribution in [0.4, 0.5) is 0 Å². The van der Waals surface area contributed by atoms with Crippen LogP contribution in [-0.4, -0.2) is 11.1 Å². The molecule has 1 aromatic heterocycles. The Bertz CT molecular complexity index is 502. The smallest absolute Gasteiger partial charge is 0.303 e. The van der Waals surface area contributed by atoms with Crippen molar-refractivity contribution >= 4 is 28.5 Å². The van der Waals surface area contributed by atoms with Crippen molar-refractivity contribution in [2.45, 2.75) is 12.8 Å². The van der Waals surface area contributed by atoms with Gasteiger partial charge in [-0.2, -0.15) is 0 Å². The van der Waals surface area contributed by atoms with Gasteiger partial charge < -0.3 is 9.52 Å². The molecule has 0 aliphatic heterocycles. The van der Waals surface area contributed by atoms with E-state index in [1.165, 1.54) is 0 Å². The van der Waals surface area contributed by atoms with Crippen molar-refractivity contribution in [3.05, 3.63) is 35.0 Å². The van der Waals surface area contributed by atoms with Gasteiger partial charge in [0.2, 0.25) is 0 Å². The standard InChI is InChI=1S/C11H9ClO3/c12-8-2-3-10-9(5-8)7(6-15-10)1-4-11(13)14/h2-3,5-6H,1,4H2,(H,13,14). The lowest BCUT2D eigenvalue weighted by Crippen LogP contribution is -1.96. The summed E-state index contributed by atoms with van der Waals surface area (Å²) in [4.78, 5) is 10.4. The van der Waals surface area contributed by atoms with E-state index in [-0.39, 0.29) is 6.42 Å². The van der Waals surface area contributed by atoms with Crippen LogP contribution in [0.1, 0.15) is 12.0 Å². The van der Waals surface area contributed by atoms with Crippen molar-refractivity contribution in [2.75, 3.05) is 0 Å². The predicted molar refractivity (Wildman–Crippen MR) is 57.2 cm³/mol. The minimum atomic E-state index is -0.814. The molecule has 2 aromatic rings. The van der Waals surface area contributed by atoms with Gasteiger partial charge in [0.05, 0.1) is 6.26 Å². The highest BCUT2D eigenvalue weighted by molar-refractivity contribution is 6.31. The van der Waals surface area contributed by atoms with Crippen molar-refractivity contribution in [3.8, 4) is 0 Å². The number of carboxylic acid groups (broad SMARTS) is 1. The molecule has 0 aliphatic rings. The number of halogens is 1. The average Bonchev–Trinajstić information content (AvgIpc) is 2.57. The Balaban J connectivity index is 2.35. The molecule has 0 radical (unpaired) electrons. The van der Waals surface area contributed by atoms with Crippen molar-refractivity contribution < 1.29 is 14.3 Å². The number of carbonyl (C=O) groups is 1. The Labute approximate surface area is 91.3 Å². The largest absolute Gasteiger partial charge is 0.481 e. The number of benzene rings is 1. The zero-order valence-corrected chi connectivity index (χ0v) is 8.62. The Morgan fingerprint density at radius 1 is 1.47 bits per heavy atom. The Morgan fingerprint density at radius 2 is 2.27 bits per heavy atom. The number of rotatable bonds is 3. The zero-order chi connectivity index (χ0) is 10.8. The van der Waals surface area contributed by atoms with Crippen LogP contribution >= 0.6 is 11.6 Å². The van der Waals surface area contributed by atoms with E-state index in [1.807, 2.05) is 0 Å². The molecule has 15 heavy (non-hydrogen) atoms. The second-order valence-corrected chi connectivity index (χ2v) is 3.73. The van der Waals surface area contributed by atoms with Crippen LogP contribution in [0.3, 0.4) is 0 Å². The van der Waals surface area contributed by atoms with Crippen molar-refractivity contribution in [1.29, 1.82) is 0 Å². The van der Waals surface area contributed by atoms with Crippen LogP contribution in [0.2, 0.25) is 5.02 Å². The molecule has 78 valence electrons. The molecule has 1 N–H and O–H groups in total. The van der Waals surface area contributed by atoms with Crippen molar-refractivity contribution in [1.82, 2.24) is 0 Å². The van der Waals surface area contributed by atoms with E-state index in [9.17, 15) is 4.79 Å². The molecule has 0 aliphatic carbocycles. The number of carboxylic acids is 1. The predicted octanol–water partition coefficient (Wildman–Crippen LogP) is 3.10. The van der Waals surface area contributed by atoms with Crippen LogP contribution in [0.5, 0.6) is 0 Å². The second-order valence-electron chi connectivity index (χ2n) is 3.30. The first kappa shape index (κ1) is 10.1. The summed E-state index contributed by atoms with van der Waals surface area (Å²) in [6, 6.07) is 5.31. The van der Waals surface area contributed by atoms with Crippen LogP contribution in [0, 0.1) is 0 Å². The van der Waals surface area contributed by atoms with Gasteiger partial charge in [-0.15, -0.1) is 0 Å². The minimum Gasteiger partial charge on any atom is -0.481 e. The van der Waals surface area contributed by atoms with Crippen LogP contribution in [0.15, 0.2) is 28.9 Å². The molecule has 0 saturated heterocycles. The third kappa shape index (κ3) is 2.13. The quantitative estimate of drug-likeness (QED) is 0.872. The molecule has 0 amide bonds. The fraction of sp³-hybridized carbons (Fsp3) is 0.182. The van der Waals surface area contributed by atoms with Crippen LogP contribution < -0.4 is 0 Å². The normalized spacial score (nSPS) is 10.7. The monoisotopic (exact) mass is 224 g/mol. The highest BCUT2D eigenvalue weighted by Gasteiger charge is 2.07. The Hall–Kier alpha value is -1.48. The van der Waals surface area contributed by atoms with Crippen LogP contribution in [0.25, 0.3) is 11.0 Å². The SMILES string of the molecule is O=C(O)CCc1coc2ccc(Cl)cc12. The van der Waals surface area contributed by atoms with E-state index in [0.29, 0.717) is 11.4 Å². The van der Waals surface area contributed by atoms with E-state index >= 15 is 0 Å². The first-order chi connectivity index (χ1) is 7.16. The van der Waals surface area contributed by atoms with Gasteiger partial charge in [0.15, 0.2) is 0 Å². The second kappa shape index (κ2) is 3.95. The molecule has 0 unspecified atom stereocenters. The first-order valence-electron chi connectivity index (χ1n) is 4.54. The molecular formula is C11H9ClO3. The van der Waals surface area contributed by atoms with Gasteiger partial charge in [-0.25, -0.2) is 0 Å². The first-order valence-corrected chi connectivity index (χ1v) is 4.92. The van der Waals surface area contributed by atoms with E-state index in [1.54, 1.807) is 24.5 Å². The van der Waals surface area contributed by atoms with Crippen molar-refractivity contribution in [3.63, 3.8) is 0 Å². The summed E-state index contributed by atoms with van der Waals surface area (Å²) in [6.07, 6.45) is 2.15. The average molecular weight is 225 g/mol. The Kier molecular flexibility index (Phi) is 2.64. The van der Waals surface area contributed by atoms with E-state index < -0.39 is 5.97 Å². The molecule has 0 atom stereocenters. The fourth-order valence-corrected chi connectivity index (χ4v) is 1.66. The van der Waals surface area contributed by atoms with Gasteiger partial charge >= 0.3 is 5.97 Å². The molecule has 0 bridgehead atoms. The number of hydrogen-bond donors (Lipinski definition) is 1. The van der Waals surface area contributed by atoms with E-state index in [0.717, 1.165) is 16.5 Å². The third-order valence-electron chi connectivity index (χ3n) is 2.22. The molecule has 0 fully saturated rings. The molecule has 3 nitrogen and oxygen atoms in total. The summed E-state index contributed by atoms with van der Waals surface area (Å²) in [5, 5.41) is 10.1. The minimum absolute atomic E-state index is 0.0984. The summed E-state index contributed by atoms with van der Waals surface area (Å²) in [5.41, 5.74) is 1.62. The molecule has 1 aromatic carbocycles. The summed E-state index contributed by atoms with van der Waals surface area (Å²) in [7, 11) is 0. The summed E-state index contributed by atoms with van der Waals surface area (Å²) >= 11 is 5.85. The van der Waals surface area contributed by atoms with Gasteiger partial charge in [0.1, 0.15) is 5.58 Å². The third-order valence-corrected chi connectivity index (χ3v) is 2.46. The van der Waals surface area contributed by atoms with E-state index in [4.69, 9.17) is 21.1 Å². The summed E-state index contributed by atoms with van der Waals surface area (Å²) in [5.74, 6) is -0.814. The number of aryl methyl sites for hydroxylation is 1. The lowest BCUT2D eigenvalue weighted by atomic mass is 10.1. The zero-order valence-electron chi connectivity index (χ0n) is 7.87. The number of fused-ring (bicyclic) bond motifs is 1. The maximum absolute atomic E-state index is 10.4. The van der Waals surface area contributed by atoms with Gasteiger partial charge in [-0.1, -0.05) is 11.6 Å². The van der Waals surface area contributed by atoms with Crippen molar-refractivity contribution in [2.24, 2.45) is 0 Å². The van der Waals surface area contributed by atoms with Gasteiger partial charge in [0, 0.05) is 16.8 Å². The summed E-state index contributed by atoms with van der Waals surface area (Å²) < 4.78 is 5.28. The number of furan rings is 1.